The Morgan fingerprint density at radius 2 is 1.84 bits per heavy atom. The minimum atomic E-state index is -3.77. The maximum Gasteiger partial charge on any atom is 0.243 e. The first kappa shape index (κ1) is 16.1. The van der Waals surface area contributed by atoms with Gasteiger partial charge in [-0.3, -0.25) is 4.98 Å². The van der Waals surface area contributed by atoms with Crippen molar-refractivity contribution in [2.75, 3.05) is 13.1 Å². The first-order chi connectivity index (χ1) is 11.9. The first-order valence-electron chi connectivity index (χ1n) is 7.72. The van der Waals surface area contributed by atoms with Gasteiger partial charge in [0, 0.05) is 30.2 Å². The Hall–Kier alpha value is -2.35. The van der Waals surface area contributed by atoms with E-state index < -0.39 is 21.4 Å². The van der Waals surface area contributed by atoms with E-state index in [0.29, 0.717) is 5.52 Å². The third-order valence-electron chi connectivity index (χ3n) is 4.47. The number of β-amino-alcohol motifs (C(OH)–C–C–N with tert-alkyl or cyclic N) is 1. The Labute approximate surface area is 144 Å². The molecule has 0 atom stereocenters. The zero-order valence-corrected chi connectivity index (χ0v) is 13.9. The van der Waals surface area contributed by atoms with Crippen molar-refractivity contribution >= 4 is 20.9 Å². The van der Waals surface area contributed by atoms with Crippen LogP contribution in [0.5, 0.6) is 0 Å². The van der Waals surface area contributed by atoms with Crippen molar-refractivity contribution in [2.24, 2.45) is 0 Å². The van der Waals surface area contributed by atoms with Gasteiger partial charge in [-0.25, -0.2) is 12.8 Å². The number of benzene rings is 2. The molecule has 0 unspecified atom stereocenters. The fourth-order valence-corrected chi connectivity index (χ4v) is 4.64. The van der Waals surface area contributed by atoms with Crippen molar-refractivity contribution in [3.8, 4) is 0 Å². The van der Waals surface area contributed by atoms with Crippen LogP contribution in [0.1, 0.15) is 5.56 Å². The van der Waals surface area contributed by atoms with Gasteiger partial charge in [-0.1, -0.05) is 30.3 Å². The fourth-order valence-electron chi connectivity index (χ4n) is 3.07. The standard InChI is InChI=1S/C18H15FN2O3S/c19-16-6-2-1-5-15(16)18(22)11-21(12-18)25(23,24)14-8-7-13-4-3-9-20-17(13)10-14/h1-10,22H,11-12H2. The topological polar surface area (TPSA) is 70.5 Å². The molecule has 0 radical (unpaired) electrons. The highest BCUT2D eigenvalue weighted by molar-refractivity contribution is 7.89. The lowest BCUT2D eigenvalue weighted by molar-refractivity contribution is -0.0672. The summed E-state index contributed by atoms with van der Waals surface area (Å²) in [4.78, 5) is 4.27. The summed E-state index contributed by atoms with van der Waals surface area (Å²) in [7, 11) is -3.77. The molecule has 4 rings (SSSR count). The summed E-state index contributed by atoms with van der Waals surface area (Å²) < 4.78 is 40.5. The minimum Gasteiger partial charge on any atom is -0.382 e. The lowest BCUT2D eigenvalue weighted by Crippen LogP contribution is -2.61. The number of aromatic nitrogens is 1. The average Bonchev–Trinajstić information content (AvgIpc) is 2.59. The van der Waals surface area contributed by atoms with Gasteiger partial charge in [-0.2, -0.15) is 4.31 Å². The fraction of sp³-hybridized carbons (Fsp3) is 0.167. The maximum absolute atomic E-state index is 13.9. The van der Waals surface area contributed by atoms with Crippen molar-refractivity contribution in [2.45, 2.75) is 10.5 Å². The van der Waals surface area contributed by atoms with E-state index in [1.54, 1.807) is 24.4 Å². The molecule has 0 amide bonds. The van der Waals surface area contributed by atoms with Crippen molar-refractivity contribution < 1.29 is 17.9 Å². The SMILES string of the molecule is O=S(=O)(c1ccc2cccnc2c1)N1CC(O)(c2ccccc2F)C1. The molecule has 7 heteroatoms. The Bertz CT molecular complexity index is 1060. The summed E-state index contributed by atoms with van der Waals surface area (Å²) in [6.45, 7) is -0.368. The number of fused-ring (bicyclic) bond motifs is 1. The summed E-state index contributed by atoms with van der Waals surface area (Å²) in [6, 6.07) is 14.2. The summed E-state index contributed by atoms with van der Waals surface area (Å²) in [5.41, 5.74) is -0.817. The second-order valence-electron chi connectivity index (χ2n) is 6.14. The van der Waals surface area contributed by atoms with E-state index in [-0.39, 0.29) is 23.5 Å². The molecule has 5 nitrogen and oxygen atoms in total. The van der Waals surface area contributed by atoms with Crippen LogP contribution in [0, 0.1) is 5.82 Å². The lowest BCUT2D eigenvalue weighted by atomic mass is 9.88. The molecule has 2 aromatic carbocycles. The Morgan fingerprint density at radius 3 is 2.60 bits per heavy atom. The molecule has 1 saturated heterocycles. The van der Waals surface area contributed by atoms with Gasteiger partial charge in [-0.15, -0.1) is 0 Å². The van der Waals surface area contributed by atoms with Gasteiger partial charge < -0.3 is 5.11 Å². The smallest absolute Gasteiger partial charge is 0.243 e. The van der Waals surface area contributed by atoms with Gasteiger partial charge in [0.15, 0.2) is 0 Å². The molecule has 1 N–H and O–H groups in total. The minimum absolute atomic E-state index is 0.106. The van der Waals surface area contributed by atoms with E-state index in [1.807, 2.05) is 6.07 Å². The van der Waals surface area contributed by atoms with Gasteiger partial charge in [0.05, 0.1) is 10.4 Å². The summed E-state index contributed by atoms with van der Waals surface area (Å²) in [6.07, 6.45) is 1.60. The van der Waals surface area contributed by atoms with E-state index in [4.69, 9.17) is 0 Å². The van der Waals surface area contributed by atoms with Crippen molar-refractivity contribution in [3.63, 3.8) is 0 Å². The van der Waals surface area contributed by atoms with E-state index in [9.17, 15) is 17.9 Å². The van der Waals surface area contributed by atoms with E-state index in [0.717, 1.165) is 9.69 Å². The number of pyridine rings is 1. The van der Waals surface area contributed by atoms with E-state index >= 15 is 0 Å². The highest BCUT2D eigenvalue weighted by Crippen LogP contribution is 2.37. The van der Waals surface area contributed by atoms with E-state index in [1.165, 1.54) is 30.3 Å². The zero-order chi connectivity index (χ0) is 17.7. The quantitative estimate of drug-likeness (QED) is 0.780. The van der Waals surface area contributed by atoms with Crippen LogP contribution in [0.25, 0.3) is 10.9 Å². The molecule has 25 heavy (non-hydrogen) atoms. The molecule has 2 heterocycles. The normalized spacial score (nSPS) is 17.4. The van der Waals surface area contributed by atoms with Crippen molar-refractivity contribution in [3.05, 3.63) is 72.2 Å². The van der Waals surface area contributed by atoms with E-state index in [2.05, 4.69) is 4.98 Å². The summed E-state index contributed by atoms with van der Waals surface area (Å²) in [5, 5.41) is 11.4. The predicted molar refractivity (Wildman–Crippen MR) is 90.8 cm³/mol. The van der Waals surface area contributed by atoms with Crippen LogP contribution < -0.4 is 0 Å². The third-order valence-corrected chi connectivity index (χ3v) is 6.25. The van der Waals surface area contributed by atoms with Gasteiger partial charge in [0.25, 0.3) is 0 Å². The van der Waals surface area contributed by atoms with Crippen LogP contribution in [0.3, 0.4) is 0 Å². The van der Waals surface area contributed by atoms with Crippen LogP contribution in [-0.2, 0) is 15.6 Å². The second-order valence-corrected chi connectivity index (χ2v) is 8.08. The molecule has 0 saturated carbocycles. The Kier molecular flexibility index (Phi) is 3.61. The number of aliphatic hydroxyl groups is 1. The number of halogens is 1. The average molecular weight is 358 g/mol. The first-order valence-corrected chi connectivity index (χ1v) is 9.16. The Morgan fingerprint density at radius 1 is 1.08 bits per heavy atom. The molecule has 1 aromatic heterocycles. The molecule has 128 valence electrons. The highest BCUT2D eigenvalue weighted by Gasteiger charge is 2.49. The van der Waals surface area contributed by atoms with Crippen LogP contribution >= 0.6 is 0 Å². The summed E-state index contributed by atoms with van der Waals surface area (Å²) >= 11 is 0. The van der Waals surface area contributed by atoms with Gasteiger partial charge in [0.1, 0.15) is 11.4 Å². The monoisotopic (exact) mass is 358 g/mol. The number of rotatable bonds is 3. The van der Waals surface area contributed by atoms with Crippen molar-refractivity contribution in [1.82, 2.24) is 9.29 Å². The zero-order valence-electron chi connectivity index (χ0n) is 13.1. The van der Waals surface area contributed by atoms with Crippen LogP contribution in [-0.4, -0.2) is 35.9 Å². The van der Waals surface area contributed by atoms with Gasteiger partial charge in [-0.05, 0) is 24.3 Å². The van der Waals surface area contributed by atoms with Crippen LogP contribution in [0.4, 0.5) is 4.39 Å². The number of nitrogens with zero attached hydrogens (tertiary/aromatic N) is 2. The highest BCUT2D eigenvalue weighted by atomic mass is 32.2. The molecular weight excluding hydrogens is 343 g/mol. The molecule has 1 aliphatic heterocycles. The number of hydrogen-bond acceptors (Lipinski definition) is 4. The summed E-state index contributed by atoms with van der Waals surface area (Å²) in [5.74, 6) is -0.544. The number of hydrogen-bond donors (Lipinski definition) is 1. The molecule has 0 spiro atoms. The number of sulfonamides is 1. The molecular formula is C18H15FN2O3S. The largest absolute Gasteiger partial charge is 0.382 e. The Balaban J connectivity index is 1.63. The van der Waals surface area contributed by atoms with Crippen LogP contribution in [0.2, 0.25) is 0 Å². The molecule has 0 aliphatic carbocycles. The lowest BCUT2D eigenvalue weighted by Gasteiger charge is -2.45. The van der Waals surface area contributed by atoms with Crippen molar-refractivity contribution in [1.29, 1.82) is 0 Å². The van der Waals surface area contributed by atoms with Crippen LogP contribution in [0.15, 0.2) is 65.7 Å². The predicted octanol–water partition coefficient (Wildman–Crippen LogP) is 2.27. The van der Waals surface area contributed by atoms with Gasteiger partial charge in [0.2, 0.25) is 10.0 Å². The molecule has 0 bridgehead atoms. The molecule has 1 aliphatic rings. The second kappa shape index (κ2) is 5.59. The molecule has 3 aromatic rings. The van der Waals surface area contributed by atoms with Gasteiger partial charge >= 0.3 is 0 Å². The molecule has 1 fully saturated rings. The third kappa shape index (κ3) is 2.60. The maximum atomic E-state index is 13.9.